The van der Waals surface area contributed by atoms with Gasteiger partial charge in [0.1, 0.15) is 0 Å². The molecule has 0 atom stereocenters. The van der Waals surface area contributed by atoms with E-state index in [1.807, 2.05) is 0 Å². The summed E-state index contributed by atoms with van der Waals surface area (Å²) in [6.45, 7) is 0. The van der Waals surface area contributed by atoms with Gasteiger partial charge in [-0.15, -0.1) is 0 Å². The topological polar surface area (TPSA) is 3.24 Å². The molecule has 10 aromatic rings. The number of hydrogen-bond acceptors (Lipinski definition) is 1. The van der Waals surface area contributed by atoms with Crippen molar-refractivity contribution in [2.75, 3.05) is 4.90 Å². The maximum absolute atomic E-state index is 2.57. The van der Waals surface area contributed by atoms with Crippen LogP contribution in [-0.2, 0) is 10.8 Å². The number of hydrogen-bond donors (Lipinski definition) is 0. The molecule has 5 aliphatic carbocycles. The zero-order valence-corrected chi connectivity index (χ0v) is 40.7. The van der Waals surface area contributed by atoms with Crippen molar-refractivity contribution in [2.45, 2.75) is 49.4 Å². The minimum Gasteiger partial charge on any atom is -0.310 e. The first-order valence-electron chi connectivity index (χ1n) is 26.3. The molecular formula is C71H57N. The molecule has 5 aliphatic rings. The minimum absolute atomic E-state index is 0.307. The lowest BCUT2D eigenvalue weighted by Gasteiger charge is -2.57. The van der Waals surface area contributed by atoms with Crippen molar-refractivity contribution in [3.8, 4) is 55.6 Å². The van der Waals surface area contributed by atoms with Crippen molar-refractivity contribution in [1.82, 2.24) is 0 Å². The maximum Gasteiger partial charge on any atom is 0.0714 e. The largest absolute Gasteiger partial charge is 0.310 e. The van der Waals surface area contributed by atoms with Crippen LogP contribution in [0.5, 0.6) is 0 Å². The predicted molar refractivity (Wildman–Crippen MR) is 300 cm³/mol. The van der Waals surface area contributed by atoms with Gasteiger partial charge in [-0.1, -0.05) is 224 Å². The van der Waals surface area contributed by atoms with Crippen molar-refractivity contribution in [3.63, 3.8) is 0 Å². The number of fused-ring (bicyclic) bond motifs is 3. The van der Waals surface area contributed by atoms with Crippen LogP contribution in [-0.4, -0.2) is 0 Å². The van der Waals surface area contributed by atoms with Crippen LogP contribution in [0.2, 0.25) is 0 Å². The van der Waals surface area contributed by atoms with Crippen LogP contribution in [0, 0.1) is 17.8 Å². The van der Waals surface area contributed by atoms with E-state index in [4.69, 9.17) is 0 Å². The zero-order chi connectivity index (χ0) is 47.6. The Kier molecular flexibility index (Phi) is 10.3. The van der Waals surface area contributed by atoms with Crippen molar-refractivity contribution >= 4 is 17.1 Å². The lowest BCUT2D eigenvalue weighted by molar-refractivity contribution is -0.00518. The molecule has 0 amide bonds. The van der Waals surface area contributed by atoms with Crippen LogP contribution in [0.1, 0.15) is 66.3 Å². The third-order valence-corrected chi connectivity index (χ3v) is 17.3. The molecule has 0 heterocycles. The number of nitrogens with zero attached hydrogens (tertiary/aromatic N) is 1. The molecule has 0 N–H and O–H groups in total. The zero-order valence-electron chi connectivity index (χ0n) is 40.7. The Morgan fingerprint density at radius 3 is 1.33 bits per heavy atom. The summed E-state index contributed by atoms with van der Waals surface area (Å²) in [4.78, 5) is 2.57. The summed E-state index contributed by atoms with van der Waals surface area (Å²) in [7, 11) is 0. The predicted octanol–water partition coefficient (Wildman–Crippen LogP) is 18.7. The molecule has 0 aliphatic heterocycles. The van der Waals surface area contributed by atoms with E-state index in [-0.39, 0.29) is 0 Å². The van der Waals surface area contributed by atoms with E-state index in [0.717, 1.165) is 29.1 Å². The van der Waals surface area contributed by atoms with Gasteiger partial charge in [0.25, 0.3) is 0 Å². The number of rotatable bonds is 10. The van der Waals surface area contributed by atoms with Crippen molar-refractivity contribution < 1.29 is 0 Å². The summed E-state index contributed by atoms with van der Waals surface area (Å²) < 4.78 is 0. The first kappa shape index (κ1) is 42.8. The molecule has 4 bridgehead atoms. The van der Waals surface area contributed by atoms with Gasteiger partial charge in [-0.05, 0) is 170 Å². The molecule has 1 nitrogen and oxygen atoms in total. The third kappa shape index (κ3) is 6.89. The summed E-state index contributed by atoms with van der Waals surface area (Å²) in [6.07, 6.45) is 8.39. The van der Waals surface area contributed by atoms with Crippen LogP contribution in [0.4, 0.5) is 17.1 Å². The smallest absolute Gasteiger partial charge is 0.0714 e. The summed E-state index contributed by atoms with van der Waals surface area (Å²) in [6, 6.07) is 95.7. The van der Waals surface area contributed by atoms with Crippen molar-refractivity contribution in [3.05, 3.63) is 283 Å². The molecule has 4 fully saturated rings. The first-order chi connectivity index (χ1) is 35.6. The van der Waals surface area contributed by atoms with Crippen LogP contribution in [0.25, 0.3) is 55.6 Å². The fraction of sp³-hybridized carbons (Fsp3) is 0.155. The normalized spacial score (nSPS) is 19.9. The Balaban J connectivity index is 1.01. The lowest BCUT2D eigenvalue weighted by atomic mass is 9.48. The average Bonchev–Trinajstić information content (AvgIpc) is 3.75. The van der Waals surface area contributed by atoms with Crippen LogP contribution >= 0.6 is 0 Å². The van der Waals surface area contributed by atoms with Gasteiger partial charge in [-0.3, -0.25) is 0 Å². The highest BCUT2D eigenvalue weighted by molar-refractivity contribution is 6.00. The highest BCUT2D eigenvalue weighted by Gasteiger charge is 2.52. The SMILES string of the molecule is c1ccc(-c2ccccc2-c2ccccc2-c2ccccc2N(c2ccc(C34CC5CC(CC(C5)C3)C4)cc2)c2ccc3c(c2)C(c2ccccc2)(c2ccccc2)c2cccc(-c4ccccc4)c2-3)cc1. The summed E-state index contributed by atoms with van der Waals surface area (Å²) in [5.74, 6) is 2.66. The van der Waals surface area contributed by atoms with Crippen molar-refractivity contribution in [2.24, 2.45) is 17.8 Å². The van der Waals surface area contributed by atoms with E-state index in [2.05, 4.69) is 260 Å². The van der Waals surface area contributed by atoms with Gasteiger partial charge < -0.3 is 4.90 Å². The third-order valence-electron chi connectivity index (χ3n) is 17.3. The lowest BCUT2D eigenvalue weighted by Crippen LogP contribution is -2.48. The Morgan fingerprint density at radius 1 is 0.306 bits per heavy atom. The fourth-order valence-corrected chi connectivity index (χ4v) is 14.8. The minimum atomic E-state index is -0.588. The Morgan fingerprint density at radius 2 is 0.750 bits per heavy atom. The quantitative estimate of drug-likeness (QED) is 0.132. The number of benzene rings is 10. The Hall–Kier alpha value is -8.00. The van der Waals surface area contributed by atoms with Crippen LogP contribution in [0.15, 0.2) is 255 Å². The van der Waals surface area contributed by atoms with Gasteiger partial charge >= 0.3 is 0 Å². The molecular weight excluding hydrogens is 867 g/mol. The van der Waals surface area contributed by atoms with Gasteiger partial charge in [-0.2, -0.15) is 0 Å². The summed E-state index contributed by atoms with van der Waals surface area (Å²) >= 11 is 0. The van der Waals surface area contributed by atoms with Gasteiger partial charge in [0.2, 0.25) is 0 Å². The highest BCUT2D eigenvalue weighted by atomic mass is 15.1. The Bertz CT molecular complexity index is 3520. The van der Waals surface area contributed by atoms with E-state index in [0.29, 0.717) is 5.41 Å². The van der Waals surface area contributed by atoms with Crippen LogP contribution in [0.3, 0.4) is 0 Å². The molecule has 0 aromatic heterocycles. The molecule has 0 saturated heterocycles. The summed E-state index contributed by atoms with van der Waals surface area (Å²) in [5.41, 5.74) is 22.2. The number of anilines is 3. The van der Waals surface area contributed by atoms with Gasteiger partial charge in [0.15, 0.2) is 0 Å². The first-order valence-corrected chi connectivity index (χ1v) is 26.3. The molecule has 346 valence electrons. The van der Waals surface area contributed by atoms with E-state index in [9.17, 15) is 0 Å². The molecule has 0 radical (unpaired) electrons. The monoisotopic (exact) mass is 923 g/mol. The second kappa shape index (κ2) is 17.4. The molecule has 0 spiro atoms. The molecule has 15 rings (SSSR count). The highest BCUT2D eigenvalue weighted by Crippen LogP contribution is 2.62. The van der Waals surface area contributed by atoms with Gasteiger partial charge in [0, 0.05) is 16.9 Å². The second-order valence-corrected chi connectivity index (χ2v) is 21.4. The van der Waals surface area contributed by atoms with E-state index in [1.165, 1.54) is 122 Å². The molecule has 0 unspecified atom stereocenters. The Labute approximate surface area is 425 Å². The fourth-order valence-electron chi connectivity index (χ4n) is 14.8. The van der Waals surface area contributed by atoms with E-state index in [1.54, 1.807) is 5.56 Å². The number of para-hydroxylation sites is 1. The standard InChI is InChI=1S/C71H57N/c1-5-20-52(21-6-1)59-28-13-14-29-61(59)62-30-15-16-31-63(62)64-32-17-18-35-68(64)72(57-38-36-54(37-39-57)70-46-49-42-50(47-70)44-51(43-49)48-70)58-40-41-65-67(45-58)71(55-24-9-3-10-25-55,56-26-11-4-12-27-56)66-34-19-33-60(69(65)66)53-22-7-2-8-23-53/h1-41,45,49-51H,42-44,46-48H2. The van der Waals surface area contributed by atoms with Crippen molar-refractivity contribution in [1.29, 1.82) is 0 Å². The van der Waals surface area contributed by atoms with E-state index < -0.39 is 5.41 Å². The second-order valence-electron chi connectivity index (χ2n) is 21.4. The van der Waals surface area contributed by atoms with Gasteiger partial charge in [0.05, 0.1) is 11.1 Å². The molecule has 1 heteroatoms. The van der Waals surface area contributed by atoms with Crippen LogP contribution < -0.4 is 4.90 Å². The maximum atomic E-state index is 2.57. The van der Waals surface area contributed by atoms with Gasteiger partial charge in [-0.25, -0.2) is 0 Å². The molecule has 72 heavy (non-hydrogen) atoms. The summed E-state index contributed by atoms with van der Waals surface area (Å²) in [5, 5.41) is 0. The average molecular weight is 924 g/mol. The molecule has 4 saturated carbocycles. The van der Waals surface area contributed by atoms with E-state index >= 15 is 0 Å². The molecule has 10 aromatic carbocycles.